The molecule has 0 spiro atoms. The highest BCUT2D eigenvalue weighted by molar-refractivity contribution is 5.72. The Hall–Kier alpha value is -1.55. The Morgan fingerprint density at radius 3 is 2.69 bits per heavy atom. The van der Waals surface area contributed by atoms with E-state index in [4.69, 9.17) is 10.8 Å². The maximum Gasteiger partial charge on any atom is 0.165 e. The van der Waals surface area contributed by atoms with Crippen molar-refractivity contribution in [2.45, 2.75) is 0 Å². The van der Waals surface area contributed by atoms with E-state index >= 15 is 0 Å². The van der Waals surface area contributed by atoms with E-state index in [2.05, 4.69) is 0 Å². The fourth-order valence-electron chi connectivity index (χ4n) is 1.00. The zero-order valence-electron chi connectivity index (χ0n) is 6.87. The molecule has 1 aromatic carbocycles. The van der Waals surface area contributed by atoms with Crippen molar-refractivity contribution < 1.29 is 14.6 Å². The summed E-state index contributed by atoms with van der Waals surface area (Å²) in [6, 6.07) is 4.29. The second-order valence-corrected chi connectivity index (χ2v) is 2.51. The zero-order valence-corrected chi connectivity index (χ0v) is 6.87. The smallest absolute Gasteiger partial charge is 0.165 e. The van der Waals surface area contributed by atoms with E-state index < -0.39 is 0 Å². The highest BCUT2D eigenvalue weighted by Gasteiger charge is 2.08. The number of aromatic hydroxyl groups is 2. The fraction of sp³-hybridized carbons (Fsp3) is 0.111. The van der Waals surface area contributed by atoms with Crippen molar-refractivity contribution in [2.24, 2.45) is 5.73 Å². The van der Waals surface area contributed by atoms with Gasteiger partial charge in [0.25, 0.3) is 0 Å². The molecule has 0 unspecified atom stereocenters. The SMILES string of the molecule is NC/C(=C/F)c1cccc(O)c1O. The average molecular weight is 183 g/mol. The Kier molecular flexibility index (Phi) is 2.87. The first-order chi connectivity index (χ1) is 6.20. The first-order valence-electron chi connectivity index (χ1n) is 3.71. The predicted molar refractivity (Wildman–Crippen MR) is 47.9 cm³/mol. The van der Waals surface area contributed by atoms with E-state index in [1.54, 1.807) is 0 Å². The van der Waals surface area contributed by atoms with Gasteiger partial charge in [0, 0.05) is 17.7 Å². The Bertz CT molecular complexity index is 336. The van der Waals surface area contributed by atoms with Gasteiger partial charge in [0.1, 0.15) is 0 Å². The van der Waals surface area contributed by atoms with Gasteiger partial charge in [-0.05, 0) is 6.07 Å². The van der Waals surface area contributed by atoms with Crippen LogP contribution in [0.25, 0.3) is 5.57 Å². The number of phenols is 2. The molecule has 0 heterocycles. The van der Waals surface area contributed by atoms with Crippen molar-refractivity contribution in [1.29, 1.82) is 0 Å². The maximum atomic E-state index is 12.2. The number of phenolic OH excluding ortho intramolecular Hbond substituents is 2. The van der Waals surface area contributed by atoms with E-state index in [0.29, 0.717) is 6.33 Å². The van der Waals surface area contributed by atoms with Gasteiger partial charge >= 0.3 is 0 Å². The van der Waals surface area contributed by atoms with Crippen LogP contribution in [0, 0.1) is 0 Å². The number of hydrogen-bond donors (Lipinski definition) is 3. The largest absolute Gasteiger partial charge is 0.504 e. The van der Waals surface area contributed by atoms with Crippen LogP contribution < -0.4 is 5.73 Å². The number of rotatable bonds is 2. The van der Waals surface area contributed by atoms with Gasteiger partial charge in [-0.3, -0.25) is 0 Å². The summed E-state index contributed by atoms with van der Waals surface area (Å²) in [5.41, 5.74) is 5.59. The Morgan fingerprint density at radius 1 is 1.46 bits per heavy atom. The van der Waals surface area contributed by atoms with Gasteiger partial charge in [-0.2, -0.15) is 0 Å². The molecule has 0 aliphatic carbocycles. The van der Waals surface area contributed by atoms with Gasteiger partial charge in [0.05, 0.1) is 6.33 Å². The highest BCUT2D eigenvalue weighted by atomic mass is 19.1. The first-order valence-corrected chi connectivity index (χ1v) is 3.71. The van der Waals surface area contributed by atoms with Gasteiger partial charge in [-0.25, -0.2) is 4.39 Å². The standard InChI is InChI=1S/C9H10FNO2/c10-4-6(5-11)7-2-1-3-8(12)9(7)13/h1-4,12-13H,5,11H2/b6-4-. The van der Waals surface area contributed by atoms with Gasteiger partial charge in [-0.1, -0.05) is 12.1 Å². The van der Waals surface area contributed by atoms with Crippen LogP contribution in [-0.4, -0.2) is 16.8 Å². The van der Waals surface area contributed by atoms with Crippen molar-refractivity contribution in [2.75, 3.05) is 6.54 Å². The van der Waals surface area contributed by atoms with Crippen LogP contribution in [0.4, 0.5) is 4.39 Å². The molecular weight excluding hydrogens is 173 g/mol. The molecule has 13 heavy (non-hydrogen) atoms. The lowest BCUT2D eigenvalue weighted by atomic mass is 10.1. The van der Waals surface area contributed by atoms with Gasteiger partial charge in [0.15, 0.2) is 11.5 Å². The van der Waals surface area contributed by atoms with Gasteiger partial charge < -0.3 is 15.9 Å². The number of benzene rings is 1. The van der Waals surface area contributed by atoms with Gasteiger partial charge in [0.2, 0.25) is 0 Å². The van der Waals surface area contributed by atoms with Crippen molar-refractivity contribution in [3.8, 4) is 11.5 Å². The van der Waals surface area contributed by atoms with Crippen molar-refractivity contribution in [3.63, 3.8) is 0 Å². The van der Waals surface area contributed by atoms with Crippen LogP contribution in [0.2, 0.25) is 0 Å². The third-order valence-corrected chi connectivity index (χ3v) is 1.71. The van der Waals surface area contributed by atoms with Crippen LogP contribution in [0.3, 0.4) is 0 Å². The molecule has 3 nitrogen and oxygen atoms in total. The molecule has 1 aromatic rings. The van der Waals surface area contributed by atoms with E-state index in [-0.39, 0.29) is 29.2 Å². The Labute approximate surface area is 74.9 Å². The normalized spacial score (nSPS) is 11.7. The third kappa shape index (κ3) is 1.78. The molecule has 0 saturated carbocycles. The molecule has 4 N–H and O–H groups in total. The zero-order chi connectivity index (χ0) is 9.84. The molecule has 0 fully saturated rings. The van der Waals surface area contributed by atoms with E-state index in [1.807, 2.05) is 0 Å². The molecule has 0 atom stereocenters. The minimum Gasteiger partial charge on any atom is -0.504 e. The molecule has 70 valence electrons. The molecule has 0 aliphatic rings. The summed E-state index contributed by atoms with van der Waals surface area (Å²) in [5.74, 6) is -0.637. The number of halogens is 1. The van der Waals surface area contributed by atoms with Gasteiger partial charge in [-0.15, -0.1) is 0 Å². The lowest BCUT2D eigenvalue weighted by Gasteiger charge is -2.06. The number of nitrogens with two attached hydrogens (primary N) is 1. The summed E-state index contributed by atoms with van der Waals surface area (Å²) < 4.78 is 12.2. The summed E-state index contributed by atoms with van der Waals surface area (Å²) in [6.45, 7) is -0.0342. The first kappa shape index (κ1) is 9.54. The van der Waals surface area contributed by atoms with Crippen LogP contribution in [-0.2, 0) is 0 Å². The quantitative estimate of drug-likeness (QED) is 0.606. The van der Waals surface area contributed by atoms with Crippen molar-refractivity contribution in [3.05, 3.63) is 30.1 Å². The molecular formula is C9H10FNO2. The third-order valence-electron chi connectivity index (χ3n) is 1.71. The molecule has 0 aromatic heterocycles. The number of para-hydroxylation sites is 1. The van der Waals surface area contributed by atoms with E-state index in [1.165, 1.54) is 18.2 Å². The Morgan fingerprint density at radius 2 is 2.15 bits per heavy atom. The molecule has 0 aliphatic heterocycles. The van der Waals surface area contributed by atoms with Crippen molar-refractivity contribution >= 4 is 5.57 Å². The summed E-state index contributed by atoms with van der Waals surface area (Å²) in [4.78, 5) is 0. The average Bonchev–Trinajstić information content (AvgIpc) is 2.14. The molecule has 4 heteroatoms. The van der Waals surface area contributed by atoms with Crippen LogP contribution in [0.1, 0.15) is 5.56 Å². The highest BCUT2D eigenvalue weighted by Crippen LogP contribution is 2.32. The second-order valence-electron chi connectivity index (χ2n) is 2.51. The fourth-order valence-corrected chi connectivity index (χ4v) is 1.00. The minimum absolute atomic E-state index is 0.0342. The Balaban J connectivity index is 3.22. The summed E-state index contributed by atoms with van der Waals surface area (Å²) in [5, 5.41) is 18.4. The maximum absolute atomic E-state index is 12.2. The second kappa shape index (κ2) is 3.91. The molecule has 1 rings (SSSR count). The molecule has 0 bridgehead atoms. The van der Waals surface area contributed by atoms with E-state index in [0.717, 1.165) is 0 Å². The minimum atomic E-state index is -0.350. The topological polar surface area (TPSA) is 66.5 Å². The lowest BCUT2D eigenvalue weighted by molar-refractivity contribution is 0.402. The summed E-state index contributed by atoms with van der Waals surface area (Å²) in [7, 11) is 0. The molecule has 0 saturated heterocycles. The van der Waals surface area contributed by atoms with Crippen LogP contribution in [0.5, 0.6) is 11.5 Å². The van der Waals surface area contributed by atoms with Crippen molar-refractivity contribution in [1.82, 2.24) is 0 Å². The summed E-state index contributed by atoms with van der Waals surface area (Å²) in [6.07, 6.45) is 0.314. The van der Waals surface area contributed by atoms with E-state index in [9.17, 15) is 9.50 Å². The lowest BCUT2D eigenvalue weighted by Crippen LogP contribution is -2.01. The molecule has 0 radical (unpaired) electrons. The summed E-state index contributed by atoms with van der Waals surface area (Å²) >= 11 is 0. The van der Waals surface area contributed by atoms with Crippen LogP contribution >= 0.6 is 0 Å². The predicted octanol–water partition coefficient (Wildman–Crippen LogP) is 1.37. The monoisotopic (exact) mass is 183 g/mol. The number of hydrogen-bond acceptors (Lipinski definition) is 3. The van der Waals surface area contributed by atoms with Crippen LogP contribution in [0.15, 0.2) is 24.5 Å². The molecule has 0 amide bonds.